The van der Waals surface area contributed by atoms with Crippen molar-refractivity contribution in [3.8, 4) is 0 Å². The largest absolute Gasteiger partial charge is 0.381 e. The first kappa shape index (κ1) is 14.1. The molecule has 0 saturated carbocycles. The van der Waals surface area contributed by atoms with Gasteiger partial charge in [-0.3, -0.25) is 10.1 Å². The van der Waals surface area contributed by atoms with Crippen molar-refractivity contribution >= 4 is 11.8 Å². The van der Waals surface area contributed by atoms with Crippen molar-refractivity contribution < 1.29 is 10.0 Å². The van der Waals surface area contributed by atoms with E-state index in [1.54, 1.807) is 12.1 Å². The zero-order valence-corrected chi connectivity index (χ0v) is 12.3. The molecule has 1 N–H and O–H groups in total. The van der Waals surface area contributed by atoms with Gasteiger partial charge in [0.1, 0.15) is 11.4 Å². The molecule has 0 spiro atoms. The number of thioether (sulfide) groups is 1. The molecule has 3 atom stereocenters. The molecule has 1 aliphatic rings. The van der Waals surface area contributed by atoms with Crippen LogP contribution in [-0.2, 0) is 0 Å². The summed E-state index contributed by atoms with van der Waals surface area (Å²) in [5, 5.41) is 21.5. The lowest BCUT2D eigenvalue weighted by molar-refractivity contribution is -0.536. The lowest BCUT2D eigenvalue weighted by Gasteiger charge is -2.31. The standard InChI is InChI=1S/C16H15NO3S/c1-10-6-8-11(9-7-10)16-14(17(19)20)15(18)12-4-2-3-5-13(12)21-16/h2-9,14-16,18H,1H3. The Kier molecular flexibility index (Phi) is 3.69. The molecular weight excluding hydrogens is 286 g/mol. The number of nitro groups is 1. The van der Waals surface area contributed by atoms with Gasteiger partial charge in [-0.2, -0.15) is 0 Å². The SMILES string of the molecule is Cc1ccc(C2Sc3ccccc3C(O)C2[N+](=O)[O-])cc1. The maximum Gasteiger partial charge on any atom is 0.258 e. The van der Waals surface area contributed by atoms with Gasteiger partial charge in [0.05, 0.1) is 0 Å². The Bertz CT molecular complexity index is 671. The molecule has 21 heavy (non-hydrogen) atoms. The van der Waals surface area contributed by atoms with Crippen molar-refractivity contribution in [2.45, 2.75) is 29.2 Å². The number of hydrogen-bond acceptors (Lipinski definition) is 4. The van der Waals surface area contributed by atoms with Crippen molar-refractivity contribution in [3.63, 3.8) is 0 Å². The van der Waals surface area contributed by atoms with Crippen LogP contribution in [0.3, 0.4) is 0 Å². The molecular formula is C16H15NO3S. The first-order valence-corrected chi connectivity index (χ1v) is 7.59. The highest BCUT2D eigenvalue weighted by molar-refractivity contribution is 7.99. The molecule has 1 aliphatic heterocycles. The predicted molar refractivity (Wildman–Crippen MR) is 82.0 cm³/mol. The predicted octanol–water partition coefficient (Wildman–Crippen LogP) is 3.52. The van der Waals surface area contributed by atoms with Crippen LogP contribution in [0.5, 0.6) is 0 Å². The van der Waals surface area contributed by atoms with Gasteiger partial charge in [0, 0.05) is 15.4 Å². The van der Waals surface area contributed by atoms with Gasteiger partial charge in [-0.25, -0.2) is 0 Å². The number of aliphatic hydroxyl groups excluding tert-OH is 1. The summed E-state index contributed by atoms with van der Waals surface area (Å²) in [6.07, 6.45) is -1.08. The van der Waals surface area contributed by atoms with E-state index in [4.69, 9.17) is 0 Å². The molecule has 1 heterocycles. The van der Waals surface area contributed by atoms with Gasteiger partial charge in [-0.1, -0.05) is 48.0 Å². The number of benzene rings is 2. The van der Waals surface area contributed by atoms with E-state index < -0.39 is 12.1 Å². The Morgan fingerprint density at radius 1 is 1.14 bits per heavy atom. The van der Waals surface area contributed by atoms with E-state index in [9.17, 15) is 15.2 Å². The Hall–Kier alpha value is -1.85. The third-order valence-electron chi connectivity index (χ3n) is 3.77. The lowest BCUT2D eigenvalue weighted by atomic mass is 9.95. The van der Waals surface area contributed by atoms with E-state index >= 15 is 0 Å². The Morgan fingerprint density at radius 3 is 2.48 bits per heavy atom. The highest BCUT2D eigenvalue weighted by atomic mass is 32.2. The molecule has 0 aromatic heterocycles. The van der Waals surface area contributed by atoms with Gasteiger partial charge >= 0.3 is 0 Å². The number of fused-ring (bicyclic) bond motifs is 1. The van der Waals surface area contributed by atoms with Crippen LogP contribution in [0.15, 0.2) is 53.4 Å². The molecule has 4 nitrogen and oxygen atoms in total. The molecule has 0 amide bonds. The fourth-order valence-corrected chi connectivity index (χ4v) is 4.07. The van der Waals surface area contributed by atoms with Crippen molar-refractivity contribution in [3.05, 3.63) is 75.3 Å². The molecule has 3 rings (SSSR count). The number of aryl methyl sites for hydroxylation is 1. The van der Waals surface area contributed by atoms with Crippen LogP contribution in [0.1, 0.15) is 28.0 Å². The number of aliphatic hydroxyl groups is 1. The zero-order chi connectivity index (χ0) is 15.0. The average molecular weight is 301 g/mol. The summed E-state index contributed by atoms with van der Waals surface area (Å²) in [7, 11) is 0. The van der Waals surface area contributed by atoms with E-state index in [2.05, 4.69) is 0 Å². The van der Waals surface area contributed by atoms with Gasteiger partial charge in [-0.05, 0) is 18.6 Å². The van der Waals surface area contributed by atoms with Crippen molar-refractivity contribution in [2.75, 3.05) is 0 Å². The van der Waals surface area contributed by atoms with Crippen LogP contribution in [0.2, 0.25) is 0 Å². The lowest BCUT2D eigenvalue weighted by Crippen LogP contribution is -2.35. The van der Waals surface area contributed by atoms with Gasteiger partial charge < -0.3 is 5.11 Å². The third-order valence-corrected chi connectivity index (χ3v) is 5.21. The fraction of sp³-hybridized carbons (Fsp3) is 0.250. The van der Waals surface area contributed by atoms with E-state index in [0.717, 1.165) is 16.0 Å². The van der Waals surface area contributed by atoms with Crippen molar-refractivity contribution in [1.29, 1.82) is 0 Å². The first-order valence-electron chi connectivity index (χ1n) is 6.71. The molecule has 0 bridgehead atoms. The maximum atomic E-state index is 11.5. The van der Waals surface area contributed by atoms with Gasteiger partial charge in [0.15, 0.2) is 0 Å². The summed E-state index contributed by atoms with van der Waals surface area (Å²) in [4.78, 5) is 12.0. The normalized spacial score (nSPS) is 24.4. The van der Waals surface area contributed by atoms with Gasteiger partial charge in [0.25, 0.3) is 6.04 Å². The minimum absolute atomic E-state index is 0.363. The molecule has 2 aromatic rings. The van der Waals surface area contributed by atoms with Crippen LogP contribution in [0, 0.1) is 17.0 Å². The molecule has 2 aromatic carbocycles. The van der Waals surface area contributed by atoms with Gasteiger partial charge in [0.2, 0.25) is 0 Å². The maximum absolute atomic E-state index is 11.5. The number of hydrogen-bond donors (Lipinski definition) is 1. The smallest absolute Gasteiger partial charge is 0.258 e. The highest BCUT2D eigenvalue weighted by Crippen LogP contribution is 2.49. The fourth-order valence-electron chi connectivity index (χ4n) is 2.64. The second kappa shape index (κ2) is 5.50. The van der Waals surface area contributed by atoms with Crippen molar-refractivity contribution in [1.82, 2.24) is 0 Å². The van der Waals surface area contributed by atoms with Crippen LogP contribution >= 0.6 is 11.8 Å². The number of rotatable bonds is 2. The minimum atomic E-state index is -1.08. The summed E-state index contributed by atoms with van der Waals surface area (Å²) in [6.45, 7) is 1.98. The molecule has 0 fully saturated rings. The summed E-state index contributed by atoms with van der Waals surface area (Å²) in [5.41, 5.74) is 2.63. The Morgan fingerprint density at radius 2 is 1.81 bits per heavy atom. The summed E-state index contributed by atoms with van der Waals surface area (Å²) < 4.78 is 0. The van der Waals surface area contributed by atoms with Crippen molar-refractivity contribution in [2.24, 2.45) is 0 Å². The third kappa shape index (κ3) is 2.54. The van der Waals surface area contributed by atoms with Gasteiger partial charge in [-0.15, -0.1) is 11.8 Å². The number of nitrogens with zero attached hydrogens (tertiary/aromatic N) is 1. The topological polar surface area (TPSA) is 63.4 Å². The molecule has 0 aliphatic carbocycles. The second-order valence-corrected chi connectivity index (χ2v) is 6.39. The van der Waals surface area contributed by atoms with Crippen LogP contribution < -0.4 is 0 Å². The minimum Gasteiger partial charge on any atom is -0.381 e. The second-order valence-electron chi connectivity index (χ2n) is 5.21. The van der Waals surface area contributed by atoms with E-state index in [-0.39, 0.29) is 10.2 Å². The Labute approximate surface area is 127 Å². The summed E-state index contributed by atoms with van der Waals surface area (Å²) in [5.74, 6) is 0. The highest BCUT2D eigenvalue weighted by Gasteiger charge is 2.45. The first-order chi connectivity index (χ1) is 10.1. The summed E-state index contributed by atoms with van der Waals surface area (Å²) >= 11 is 1.45. The molecule has 5 heteroatoms. The van der Waals surface area contributed by atoms with Crippen LogP contribution in [0.4, 0.5) is 0 Å². The molecule has 0 saturated heterocycles. The Balaban J connectivity index is 2.06. The van der Waals surface area contributed by atoms with E-state index in [1.807, 2.05) is 43.3 Å². The van der Waals surface area contributed by atoms with Crippen LogP contribution in [-0.4, -0.2) is 16.1 Å². The van der Waals surface area contributed by atoms with E-state index in [0.29, 0.717) is 5.56 Å². The van der Waals surface area contributed by atoms with E-state index in [1.165, 1.54) is 11.8 Å². The monoisotopic (exact) mass is 301 g/mol. The summed E-state index contributed by atoms with van der Waals surface area (Å²) in [6, 6.07) is 14.0. The molecule has 0 radical (unpaired) electrons. The zero-order valence-electron chi connectivity index (χ0n) is 11.5. The average Bonchev–Trinajstić information content (AvgIpc) is 2.47. The van der Waals surface area contributed by atoms with Crippen LogP contribution in [0.25, 0.3) is 0 Å². The molecule has 3 unspecified atom stereocenters. The molecule has 108 valence electrons. The quantitative estimate of drug-likeness (QED) is 0.681.